The highest BCUT2D eigenvalue weighted by molar-refractivity contribution is 7.25. The molecule has 0 saturated heterocycles. The summed E-state index contributed by atoms with van der Waals surface area (Å²) in [5, 5.41) is 9.58. The van der Waals surface area contributed by atoms with Crippen molar-refractivity contribution in [3.63, 3.8) is 0 Å². The van der Waals surface area contributed by atoms with Gasteiger partial charge in [0.05, 0.1) is 0 Å². The molecule has 0 aliphatic rings. The Hall–Kier alpha value is -7.47. The number of rotatable bonds is 5. The average molecular weight is 758 g/mol. The summed E-state index contributed by atoms with van der Waals surface area (Å²) in [6.07, 6.45) is 0. The number of fused-ring (bicyclic) bond motifs is 9. The first-order chi connectivity index (χ1) is 28.7. The van der Waals surface area contributed by atoms with Gasteiger partial charge in [0.15, 0.2) is 17.5 Å². The van der Waals surface area contributed by atoms with Gasteiger partial charge in [0.25, 0.3) is 0 Å². The van der Waals surface area contributed by atoms with Crippen molar-refractivity contribution in [1.29, 1.82) is 0 Å². The quantitative estimate of drug-likeness (QED) is 0.164. The highest BCUT2D eigenvalue weighted by Gasteiger charge is 2.17. The molecule has 3 heterocycles. The summed E-state index contributed by atoms with van der Waals surface area (Å²) in [5.74, 6) is 1.83. The van der Waals surface area contributed by atoms with Crippen molar-refractivity contribution in [1.82, 2.24) is 15.0 Å². The monoisotopic (exact) mass is 757 g/mol. The molecule has 58 heavy (non-hydrogen) atoms. The number of furan rings is 1. The van der Waals surface area contributed by atoms with Crippen LogP contribution < -0.4 is 0 Å². The summed E-state index contributed by atoms with van der Waals surface area (Å²) >= 11 is 1.84. The second kappa shape index (κ2) is 13.1. The van der Waals surface area contributed by atoms with Crippen LogP contribution in [-0.4, -0.2) is 15.0 Å². The van der Waals surface area contributed by atoms with Crippen molar-refractivity contribution >= 4 is 75.0 Å². The van der Waals surface area contributed by atoms with Crippen LogP contribution in [0.4, 0.5) is 0 Å². The molecule has 0 radical (unpaired) electrons. The van der Waals surface area contributed by atoms with Gasteiger partial charge < -0.3 is 4.42 Å². The molecule has 4 nitrogen and oxygen atoms in total. The van der Waals surface area contributed by atoms with Crippen molar-refractivity contribution in [3.8, 4) is 56.4 Å². The Bertz CT molecular complexity index is 3580. The molecule has 0 saturated carbocycles. The maximum atomic E-state index is 6.18. The van der Waals surface area contributed by atoms with Crippen LogP contribution in [0.3, 0.4) is 0 Å². The van der Waals surface area contributed by atoms with Crippen LogP contribution in [0, 0.1) is 0 Å². The van der Waals surface area contributed by atoms with E-state index in [0.717, 1.165) is 49.8 Å². The fourth-order valence-corrected chi connectivity index (χ4v) is 9.56. The lowest BCUT2D eigenvalue weighted by Crippen LogP contribution is -2.00. The lowest BCUT2D eigenvalue weighted by atomic mass is 9.93. The third-order valence-electron chi connectivity index (χ3n) is 11.3. The van der Waals surface area contributed by atoms with Crippen LogP contribution in [0.25, 0.3) is 120 Å². The normalized spacial score (nSPS) is 11.8. The third kappa shape index (κ3) is 5.40. The molecule has 12 rings (SSSR count). The van der Waals surface area contributed by atoms with E-state index in [1.54, 1.807) is 0 Å². The maximum Gasteiger partial charge on any atom is 0.164 e. The van der Waals surface area contributed by atoms with Crippen LogP contribution in [-0.2, 0) is 0 Å². The van der Waals surface area contributed by atoms with E-state index in [0.29, 0.717) is 17.5 Å². The summed E-state index contributed by atoms with van der Waals surface area (Å²) in [4.78, 5) is 15.5. The van der Waals surface area contributed by atoms with Gasteiger partial charge in [-0.1, -0.05) is 140 Å². The summed E-state index contributed by atoms with van der Waals surface area (Å²) in [6, 6.07) is 66.4. The SMILES string of the molecule is c1cc(-c2nc(-c3ccc(-c4ccc5sc6ccccc6c5c4)cc3)nc(-c3ccc4oc5ccccc5c4c3)n2)cc(-c2cccc3ccc4ccccc4c23)c1. The molecule has 0 amide bonds. The average Bonchev–Trinajstić information content (AvgIpc) is 3.86. The molecule has 0 atom stereocenters. The van der Waals surface area contributed by atoms with Crippen molar-refractivity contribution in [3.05, 3.63) is 188 Å². The van der Waals surface area contributed by atoms with Gasteiger partial charge in [-0.2, -0.15) is 0 Å². The molecular weight excluding hydrogens is 727 g/mol. The first-order valence-corrected chi connectivity index (χ1v) is 20.2. The predicted octanol–water partition coefficient (Wildman–Crippen LogP) is 14.8. The molecule has 0 bridgehead atoms. The molecule has 12 aromatic rings. The summed E-state index contributed by atoms with van der Waals surface area (Å²) in [6.45, 7) is 0. The van der Waals surface area contributed by atoms with Crippen LogP contribution >= 0.6 is 11.3 Å². The Labute approximate surface area is 337 Å². The van der Waals surface area contributed by atoms with E-state index < -0.39 is 0 Å². The van der Waals surface area contributed by atoms with Gasteiger partial charge >= 0.3 is 0 Å². The third-order valence-corrected chi connectivity index (χ3v) is 12.5. The number of nitrogens with zero attached hydrogens (tertiary/aromatic N) is 3. The second-order valence-corrected chi connectivity index (χ2v) is 15.9. The number of hydrogen-bond acceptors (Lipinski definition) is 5. The number of benzene rings is 9. The highest BCUT2D eigenvalue weighted by atomic mass is 32.1. The van der Waals surface area contributed by atoms with Crippen molar-refractivity contribution in [2.75, 3.05) is 0 Å². The Morgan fingerprint density at radius 2 is 0.914 bits per heavy atom. The van der Waals surface area contributed by atoms with E-state index in [4.69, 9.17) is 19.4 Å². The number of hydrogen-bond donors (Lipinski definition) is 0. The highest BCUT2D eigenvalue weighted by Crippen LogP contribution is 2.39. The van der Waals surface area contributed by atoms with Crippen LogP contribution in [0.1, 0.15) is 0 Å². The molecule has 0 fully saturated rings. The zero-order valence-electron chi connectivity index (χ0n) is 31.1. The summed E-state index contributed by atoms with van der Waals surface area (Å²) in [7, 11) is 0. The topological polar surface area (TPSA) is 51.8 Å². The Kier molecular flexibility index (Phi) is 7.37. The van der Waals surface area contributed by atoms with E-state index in [-0.39, 0.29) is 0 Å². The largest absolute Gasteiger partial charge is 0.456 e. The van der Waals surface area contributed by atoms with Gasteiger partial charge in [-0.3, -0.25) is 0 Å². The fourth-order valence-electron chi connectivity index (χ4n) is 8.47. The van der Waals surface area contributed by atoms with Crippen LogP contribution in [0.2, 0.25) is 0 Å². The van der Waals surface area contributed by atoms with E-state index in [1.165, 1.54) is 52.8 Å². The second-order valence-electron chi connectivity index (χ2n) is 14.8. The standard InChI is InChI=1S/C53H31N3OS/c1-2-13-40-33(9-1)21-22-34-10-8-16-41(50(34)40)37-11-7-12-38(29-37)52-54-51(55-53(56-52)39-25-27-47-44(31-39)42-14-3-5-17-46(42)57-47)35-23-19-32(20-24-35)36-26-28-49-45(30-36)43-15-4-6-18-48(43)58-49/h1-31H. The van der Waals surface area contributed by atoms with Gasteiger partial charge in [0.2, 0.25) is 0 Å². The molecule has 0 N–H and O–H groups in total. The van der Waals surface area contributed by atoms with E-state index in [1.807, 2.05) is 41.7 Å². The lowest BCUT2D eigenvalue weighted by molar-refractivity contribution is 0.669. The van der Waals surface area contributed by atoms with E-state index in [2.05, 4.69) is 158 Å². The van der Waals surface area contributed by atoms with Gasteiger partial charge in [-0.25, -0.2) is 15.0 Å². The lowest BCUT2D eigenvalue weighted by Gasteiger charge is -2.12. The van der Waals surface area contributed by atoms with Crippen molar-refractivity contribution in [2.45, 2.75) is 0 Å². The molecule has 0 spiro atoms. The summed E-state index contributed by atoms with van der Waals surface area (Å²) < 4.78 is 8.78. The molecule has 0 aliphatic heterocycles. The minimum atomic E-state index is 0.604. The molecule has 0 unspecified atom stereocenters. The minimum absolute atomic E-state index is 0.604. The Morgan fingerprint density at radius 3 is 1.79 bits per heavy atom. The first-order valence-electron chi connectivity index (χ1n) is 19.4. The molecule has 0 aliphatic carbocycles. The Morgan fingerprint density at radius 1 is 0.328 bits per heavy atom. The smallest absolute Gasteiger partial charge is 0.164 e. The van der Waals surface area contributed by atoms with E-state index in [9.17, 15) is 0 Å². The Balaban J connectivity index is 1.000. The zero-order chi connectivity index (χ0) is 38.2. The molecule has 9 aromatic carbocycles. The van der Waals surface area contributed by atoms with Crippen molar-refractivity contribution in [2.24, 2.45) is 0 Å². The van der Waals surface area contributed by atoms with E-state index >= 15 is 0 Å². The summed E-state index contributed by atoms with van der Waals surface area (Å²) in [5.41, 5.74) is 9.02. The zero-order valence-corrected chi connectivity index (χ0v) is 31.9. The van der Waals surface area contributed by atoms with Crippen LogP contribution in [0.5, 0.6) is 0 Å². The number of thiophene rings is 1. The maximum absolute atomic E-state index is 6.18. The van der Waals surface area contributed by atoms with Gasteiger partial charge in [0, 0.05) is 47.6 Å². The number of aromatic nitrogens is 3. The van der Waals surface area contributed by atoms with Gasteiger partial charge in [-0.05, 0) is 92.3 Å². The van der Waals surface area contributed by atoms with Gasteiger partial charge in [0.1, 0.15) is 11.2 Å². The predicted molar refractivity (Wildman–Crippen MR) is 242 cm³/mol. The first kappa shape index (κ1) is 32.7. The molecule has 5 heteroatoms. The fraction of sp³-hybridized carbons (Fsp3) is 0. The molecule has 3 aromatic heterocycles. The van der Waals surface area contributed by atoms with Gasteiger partial charge in [-0.15, -0.1) is 11.3 Å². The minimum Gasteiger partial charge on any atom is -0.456 e. The molecular formula is C53H31N3OS. The van der Waals surface area contributed by atoms with Crippen molar-refractivity contribution < 1.29 is 4.42 Å². The van der Waals surface area contributed by atoms with Crippen LogP contribution in [0.15, 0.2) is 192 Å². The molecule has 270 valence electrons. The number of para-hydroxylation sites is 1.